The second-order valence-electron chi connectivity index (χ2n) is 6.34. The summed E-state index contributed by atoms with van der Waals surface area (Å²) >= 11 is 0. The monoisotopic (exact) mass is 387 g/mol. The molecule has 0 saturated carbocycles. The summed E-state index contributed by atoms with van der Waals surface area (Å²) in [6.45, 7) is 0. The van der Waals surface area contributed by atoms with E-state index in [-0.39, 0.29) is 0 Å². The third-order valence-corrected chi connectivity index (χ3v) is 4.60. The molecule has 6 nitrogen and oxygen atoms in total. The molecule has 1 heterocycles. The van der Waals surface area contributed by atoms with Crippen LogP contribution in [0.3, 0.4) is 0 Å². The summed E-state index contributed by atoms with van der Waals surface area (Å²) in [6, 6.07) is 21.3. The van der Waals surface area contributed by atoms with Crippen LogP contribution in [0.2, 0.25) is 0 Å². The van der Waals surface area contributed by atoms with Crippen LogP contribution in [0.4, 0.5) is 11.5 Å². The van der Waals surface area contributed by atoms with Gasteiger partial charge in [0.15, 0.2) is 17.3 Å². The van der Waals surface area contributed by atoms with Gasteiger partial charge in [0.2, 0.25) is 0 Å². The van der Waals surface area contributed by atoms with Crippen LogP contribution in [0.1, 0.15) is 0 Å². The van der Waals surface area contributed by atoms with Crippen molar-refractivity contribution in [3.05, 3.63) is 66.7 Å². The Hall–Kier alpha value is -3.80. The van der Waals surface area contributed by atoms with Crippen molar-refractivity contribution in [1.82, 2.24) is 9.97 Å². The minimum atomic E-state index is 0.634. The number of hydrogen-bond acceptors (Lipinski definition) is 6. The number of fused-ring (bicyclic) bond motifs is 1. The zero-order valence-electron chi connectivity index (χ0n) is 16.5. The Labute approximate surface area is 169 Å². The molecular weight excluding hydrogens is 366 g/mol. The lowest BCUT2D eigenvalue weighted by Gasteiger charge is -2.13. The Morgan fingerprint density at radius 3 is 2.21 bits per heavy atom. The van der Waals surface area contributed by atoms with E-state index < -0.39 is 0 Å². The van der Waals surface area contributed by atoms with E-state index in [0.717, 1.165) is 27.9 Å². The number of methoxy groups -OCH3 is 3. The van der Waals surface area contributed by atoms with E-state index in [1.807, 2.05) is 66.7 Å². The van der Waals surface area contributed by atoms with Crippen LogP contribution in [0.15, 0.2) is 66.7 Å². The fourth-order valence-corrected chi connectivity index (χ4v) is 3.09. The van der Waals surface area contributed by atoms with E-state index >= 15 is 0 Å². The van der Waals surface area contributed by atoms with Gasteiger partial charge < -0.3 is 19.5 Å². The van der Waals surface area contributed by atoms with Crippen molar-refractivity contribution in [2.24, 2.45) is 0 Å². The zero-order valence-corrected chi connectivity index (χ0v) is 16.5. The molecular formula is C23H21N3O3. The van der Waals surface area contributed by atoms with Gasteiger partial charge in [-0.3, -0.25) is 0 Å². The van der Waals surface area contributed by atoms with E-state index in [1.165, 1.54) is 0 Å². The normalized spacial score (nSPS) is 10.6. The van der Waals surface area contributed by atoms with Crippen LogP contribution in [0.25, 0.3) is 22.3 Å². The van der Waals surface area contributed by atoms with Crippen molar-refractivity contribution >= 4 is 22.4 Å². The highest BCUT2D eigenvalue weighted by Crippen LogP contribution is 2.33. The summed E-state index contributed by atoms with van der Waals surface area (Å²) in [7, 11) is 4.88. The number of para-hydroxylation sites is 1. The highest BCUT2D eigenvalue weighted by molar-refractivity contribution is 5.92. The van der Waals surface area contributed by atoms with Gasteiger partial charge in [0, 0.05) is 22.7 Å². The molecule has 146 valence electrons. The first-order chi connectivity index (χ1) is 14.2. The Morgan fingerprint density at radius 1 is 0.724 bits per heavy atom. The first kappa shape index (κ1) is 18.6. The van der Waals surface area contributed by atoms with Gasteiger partial charge >= 0.3 is 0 Å². The van der Waals surface area contributed by atoms with Crippen molar-refractivity contribution in [3.63, 3.8) is 0 Å². The van der Waals surface area contributed by atoms with Crippen molar-refractivity contribution in [3.8, 4) is 28.6 Å². The first-order valence-corrected chi connectivity index (χ1v) is 9.12. The molecule has 0 aliphatic heterocycles. The number of nitrogens with one attached hydrogen (secondary N) is 1. The number of ether oxygens (including phenoxy) is 3. The minimum absolute atomic E-state index is 0.634. The lowest BCUT2D eigenvalue weighted by molar-refractivity contribution is 0.355. The Kier molecular flexibility index (Phi) is 5.16. The molecule has 0 saturated heterocycles. The molecule has 4 aromatic rings. The summed E-state index contributed by atoms with van der Waals surface area (Å²) < 4.78 is 16.0. The molecule has 0 atom stereocenters. The van der Waals surface area contributed by atoms with Crippen molar-refractivity contribution in [2.45, 2.75) is 0 Å². The van der Waals surface area contributed by atoms with E-state index in [2.05, 4.69) is 5.32 Å². The number of benzene rings is 3. The number of anilines is 2. The molecule has 29 heavy (non-hydrogen) atoms. The molecule has 0 bridgehead atoms. The van der Waals surface area contributed by atoms with Crippen LogP contribution in [0, 0.1) is 0 Å². The average molecular weight is 387 g/mol. The molecule has 0 fully saturated rings. The van der Waals surface area contributed by atoms with Crippen molar-refractivity contribution < 1.29 is 14.2 Å². The van der Waals surface area contributed by atoms with Gasteiger partial charge in [0.1, 0.15) is 11.6 Å². The van der Waals surface area contributed by atoms with E-state index in [0.29, 0.717) is 23.1 Å². The first-order valence-electron chi connectivity index (χ1n) is 9.12. The summed E-state index contributed by atoms with van der Waals surface area (Å²) in [6.07, 6.45) is 0. The summed E-state index contributed by atoms with van der Waals surface area (Å²) in [5, 5.41) is 4.32. The molecule has 1 N–H and O–H groups in total. The Morgan fingerprint density at radius 2 is 1.48 bits per heavy atom. The number of hydrogen-bond donors (Lipinski definition) is 1. The predicted octanol–water partition coefficient (Wildman–Crippen LogP) is 5.07. The van der Waals surface area contributed by atoms with Crippen LogP contribution >= 0.6 is 0 Å². The van der Waals surface area contributed by atoms with Crippen LogP contribution in [-0.2, 0) is 0 Å². The smallest absolute Gasteiger partial charge is 0.162 e. The van der Waals surface area contributed by atoms with Gasteiger partial charge in [0.25, 0.3) is 0 Å². The van der Waals surface area contributed by atoms with Gasteiger partial charge in [0.05, 0.1) is 26.8 Å². The fraction of sp³-hybridized carbons (Fsp3) is 0.130. The third-order valence-electron chi connectivity index (χ3n) is 4.60. The van der Waals surface area contributed by atoms with Crippen LogP contribution < -0.4 is 19.5 Å². The average Bonchev–Trinajstić information content (AvgIpc) is 2.79. The van der Waals surface area contributed by atoms with Gasteiger partial charge in [-0.05, 0) is 48.5 Å². The molecule has 3 aromatic carbocycles. The van der Waals surface area contributed by atoms with Crippen molar-refractivity contribution in [2.75, 3.05) is 26.6 Å². The second kappa shape index (κ2) is 8.06. The molecule has 6 heteroatoms. The summed E-state index contributed by atoms with van der Waals surface area (Å²) in [5.74, 6) is 3.46. The molecule has 1 aromatic heterocycles. The highest BCUT2D eigenvalue weighted by Gasteiger charge is 2.11. The number of rotatable bonds is 6. The maximum absolute atomic E-state index is 5.41. The number of nitrogens with zero attached hydrogens (tertiary/aromatic N) is 2. The lowest BCUT2D eigenvalue weighted by Crippen LogP contribution is -2.00. The largest absolute Gasteiger partial charge is 0.497 e. The molecule has 0 aliphatic carbocycles. The van der Waals surface area contributed by atoms with Crippen LogP contribution in [-0.4, -0.2) is 31.3 Å². The van der Waals surface area contributed by atoms with E-state index in [4.69, 9.17) is 24.2 Å². The SMILES string of the molecule is COc1ccc(-c2nc(Nc3ccc(OC)c(OC)c3)c3ccccc3n2)cc1. The quantitative estimate of drug-likeness (QED) is 0.498. The topological polar surface area (TPSA) is 65.5 Å². The van der Waals surface area contributed by atoms with Crippen molar-refractivity contribution in [1.29, 1.82) is 0 Å². The minimum Gasteiger partial charge on any atom is -0.497 e. The van der Waals surface area contributed by atoms with Gasteiger partial charge in [-0.25, -0.2) is 9.97 Å². The standard InChI is InChI=1S/C23H21N3O3/c1-27-17-11-8-15(9-12-17)22-25-19-7-5-4-6-18(19)23(26-22)24-16-10-13-20(28-2)21(14-16)29-3/h4-14H,1-3H3,(H,24,25,26). The lowest BCUT2D eigenvalue weighted by atomic mass is 10.1. The van der Waals surface area contributed by atoms with Gasteiger partial charge in [-0.15, -0.1) is 0 Å². The highest BCUT2D eigenvalue weighted by atomic mass is 16.5. The maximum Gasteiger partial charge on any atom is 0.162 e. The van der Waals surface area contributed by atoms with Gasteiger partial charge in [-0.1, -0.05) is 12.1 Å². The molecule has 0 aliphatic rings. The van der Waals surface area contributed by atoms with E-state index in [1.54, 1.807) is 21.3 Å². The van der Waals surface area contributed by atoms with E-state index in [9.17, 15) is 0 Å². The molecule has 0 unspecified atom stereocenters. The Bertz CT molecular complexity index is 1140. The molecule has 0 amide bonds. The predicted molar refractivity (Wildman–Crippen MR) is 114 cm³/mol. The zero-order chi connectivity index (χ0) is 20.2. The summed E-state index contributed by atoms with van der Waals surface area (Å²) in [5.41, 5.74) is 2.61. The fourth-order valence-electron chi connectivity index (χ4n) is 3.09. The maximum atomic E-state index is 5.41. The molecule has 0 spiro atoms. The molecule has 0 radical (unpaired) electrons. The molecule has 4 rings (SSSR count). The van der Waals surface area contributed by atoms with Gasteiger partial charge in [-0.2, -0.15) is 0 Å². The number of aromatic nitrogens is 2. The third kappa shape index (κ3) is 3.78. The summed E-state index contributed by atoms with van der Waals surface area (Å²) in [4.78, 5) is 9.51. The van der Waals surface area contributed by atoms with Crippen LogP contribution in [0.5, 0.6) is 17.2 Å². The second-order valence-corrected chi connectivity index (χ2v) is 6.34. The Balaban J connectivity index is 1.78.